The first-order valence-corrected chi connectivity index (χ1v) is 6.89. The van der Waals surface area contributed by atoms with Gasteiger partial charge in [0.15, 0.2) is 17.2 Å². The fourth-order valence-corrected chi connectivity index (χ4v) is 2.32. The van der Waals surface area contributed by atoms with Gasteiger partial charge >= 0.3 is 0 Å². The van der Waals surface area contributed by atoms with E-state index in [-0.39, 0.29) is 25.6 Å². The van der Waals surface area contributed by atoms with Gasteiger partial charge < -0.3 is 19.9 Å². The number of aryl methyl sites for hydroxylation is 1. The van der Waals surface area contributed by atoms with E-state index < -0.39 is 11.3 Å². The van der Waals surface area contributed by atoms with E-state index in [4.69, 9.17) is 14.6 Å². The Morgan fingerprint density at radius 1 is 1.41 bits per heavy atom. The number of aromatic nitrogens is 2. The third-order valence-corrected chi connectivity index (χ3v) is 3.36. The second-order valence-corrected chi connectivity index (χ2v) is 4.70. The van der Waals surface area contributed by atoms with Crippen molar-refractivity contribution in [3.05, 3.63) is 28.0 Å². The molecule has 116 valence electrons. The topological polar surface area (TPSA) is 103 Å². The largest absolute Gasteiger partial charge is 0.454 e. The predicted molar refractivity (Wildman–Crippen MR) is 77.2 cm³/mol. The monoisotopic (exact) mass is 305 g/mol. The molecular weight excluding hydrogens is 290 g/mol. The maximum atomic E-state index is 12.5. The second kappa shape index (κ2) is 5.64. The number of amides is 1. The van der Waals surface area contributed by atoms with Gasteiger partial charge in [-0.15, -0.1) is 0 Å². The zero-order valence-corrected chi connectivity index (χ0v) is 12.0. The molecule has 1 aliphatic rings. The molecule has 8 nitrogen and oxygen atoms in total. The van der Waals surface area contributed by atoms with Crippen LogP contribution in [0.25, 0.3) is 10.9 Å². The molecule has 0 aliphatic carbocycles. The number of hydrogen-bond donors (Lipinski definition) is 2. The summed E-state index contributed by atoms with van der Waals surface area (Å²) in [6, 6.07) is 3.25. The lowest BCUT2D eigenvalue weighted by atomic mass is 10.1. The molecule has 0 radical (unpaired) electrons. The van der Waals surface area contributed by atoms with Crippen LogP contribution in [0.3, 0.4) is 0 Å². The van der Waals surface area contributed by atoms with E-state index in [1.54, 1.807) is 16.8 Å². The number of ether oxygens (including phenoxy) is 2. The van der Waals surface area contributed by atoms with E-state index in [0.29, 0.717) is 28.9 Å². The van der Waals surface area contributed by atoms with Crippen LogP contribution < -0.4 is 20.2 Å². The smallest absolute Gasteiger partial charge is 0.275 e. The second-order valence-electron chi connectivity index (χ2n) is 4.70. The normalized spacial score (nSPS) is 12.6. The Hall–Kier alpha value is -2.61. The van der Waals surface area contributed by atoms with Crippen LogP contribution in [-0.4, -0.2) is 40.7 Å². The van der Waals surface area contributed by atoms with Crippen molar-refractivity contribution in [1.82, 2.24) is 15.1 Å². The van der Waals surface area contributed by atoms with Gasteiger partial charge in [0, 0.05) is 19.2 Å². The summed E-state index contributed by atoms with van der Waals surface area (Å²) in [5.74, 6) is 0.411. The number of nitrogens with zero attached hydrogens (tertiary/aromatic N) is 2. The number of benzene rings is 1. The van der Waals surface area contributed by atoms with Crippen LogP contribution in [0.15, 0.2) is 16.9 Å². The molecule has 2 heterocycles. The summed E-state index contributed by atoms with van der Waals surface area (Å²) in [4.78, 5) is 24.5. The van der Waals surface area contributed by atoms with Gasteiger partial charge in [-0.2, -0.15) is 5.10 Å². The molecule has 0 saturated heterocycles. The highest BCUT2D eigenvalue weighted by atomic mass is 16.7. The summed E-state index contributed by atoms with van der Waals surface area (Å²) < 4.78 is 12.1. The van der Waals surface area contributed by atoms with Gasteiger partial charge in [0.1, 0.15) is 0 Å². The lowest BCUT2D eigenvalue weighted by molar-refractivity contribution is 0.0936. The molecular formula is C14H15N3O5. The highest BCUT2D eigenvalue weighted by molar-refractivity contribution is 5.95. The van der Waals surface area contributed by atoms with E-state index in [2.05, 4.69) is 10.4 Å². The molecule has 22 heavy (non-hydrogen) atoms. The SMILES string of the molecule is CCn1nc(C(=O)NCCO)c(=O)c2cc3c(cc21)OCO3. The van der Waals surface area contributed by atoms with Crippen LogP contribution in [0.5, 0.6) is 11.5 Å². The number of rotatable bonds is 4. The summed E-state index contributed by atoms with van der Waals surface area (Å²) in [6.07, 6.45) is 0. The van der Waals surface area contributed by atoms with Crippen molar-refractivity contribution in [2.45, 2.75) is 13.5 Å². The van der Waals surface area contributed by atoms with Crippen LogP contribution in [0, 0.1) is 0 Å². The van der Waals surface area contributed by atoms with Crippen molar-refractivity contribution in [2.24, 2.45) is 0 Å². The van der Waals surface area contributed by atoms with Crippen molar-refractivity contribution in [2.75, 3.05) is 19.9 Å². The minimum absolute atomic E-state index is 0.0608. The van der Waals surface area contributed by atoms with Crippen LogP contribution in [0.4, 0.5) is 0 Å². The van der Waals surface area contributed by atoms with Gasteiger partial charge in [-0.05, 0) is 13.0 Å². The number of nitrogens with one attached hydrogen (secondary N) is 1. The first-order valence-electron chi connectivity index (χ1n) is 6.89. The lowest BCUT2D eigenvalue weighted by Crippen LogP contribution is -2.33. The van der Waals surface area contributed by atoms with Crippen molar-refractivity contribution in [3.8, 4) is 11.5 Å². The van der Waals surface area contributed by atoms with Crippen LogP contribution >= 0.6 is 0 Å². The van der Waals surface area contributed by atoms with E-state index in [1.807, 2.05) is 6.92 Å². The lowest BCUT2D eigenvalue weighted by Gasteiger charge is -2.11. The maximum absolute atomic E-state index is 12.5. The highest BCUT2D eigenvalue weighted by Crippen LogP contribution is 2.34. The minimum Gasteiger partial charge on any atom is -0.454 e. The number of carbonyl (C=O) groups is 1. The maximum Gasteiger partial charge on any atom is 0.275 e. The Morgan fingerprint density at radius 2 is 2.14 bits per heavy atom. The Bertz CT molecular complexity index is 799. The first kappa shape index (κ1) is 14.3. The number of hydrogen-bond acceptors (Lipinski definition) is 6. The molecule has 1 aromatic heterocycles. The van der Waals surface area contributed by atoms with Gasteiger partial charge in [0.05, 0.1) is 17.5 Å². The third-order valence-electron chi connectivity index (χ3n) is 3.36. The molecule has 0 bridgehead atoms. The number of aliphatic hydroxyl groups excluding tert-OH is 1. The van der Waals surface area contributed by atoms with Gasteiger partial charge in [-0.3, -0.25) is 14.3 Å². The van der Waals surface area contributed by atoms with Crippen molar-refractivity contribution in [3.63, 3.8) is 0 Å². The molecule has 3 rings (SSSR count). The molecule has 0 atom stereocenters. The molecule has 1 aromatic carbocycles. The quantitative estimate of drug-likeness (QED) is 0.815. The average molecular weight is 305 g/mol. The Labute approximate surface area is 125 Å². The Balaban J connectivity index is 2.19. The molecule has 2 N–H and O–H groups in total. The molecule has 8 heteroatoms. The predicted octanol–water partition coefficient (Wildman–Crippen LogP) is -0.133. The third kappa shape index (κ3) is 2.27. The Kier molecular flexibility index (Phi) is 3.68. The standard InChI is InChI=1S/C14H15N3O5/c1-2-17-9-6-11-10(21-7-22-11)5-8(9)13(19)12(16-17)14(20)15-3-4-18/h5-6,18H,2-4,7H2,1H3,(H,15,20). The molecule has 1 aliphatic heterocycles. The van der Waals surface area contributed by atoms with Crippen LogP contribution in [-0.2, 0) is 6.54 Å². The van der Waals surface area contributed by atoms with Crippen LogP contribution in [0.2, 0.25) is 0 Å². The molecule has 1 amide bonds. The van der Waals surface area contributed by atoms with Crippen molar-refractivity contribution < 1.29 is 19.4 Å². The van der Waals surface area contributed by atoms with E-state index >= 15 is 0 Å². The number of fused-ring (bicyclic) bond motifs is 2. The average Bonchev–Trinajstić information content (AvgIpc) is 2.99. The van der Waals surface area contributed by atoms with E-state index in [1.165, 1.54) is 0 Å². The number of carbonyl (C=O) groups excluding carboxylic acids is 1. The van der Waals surface area contributed by atoms with Crippen molar-refractivity contribution >= 4 is 16.8 Å². The van der Waals surface area contributed by atoms with Crippen molar-refractivity contribution in [1.29, 1.82) is 0 Å². The fourth-order valence-electron chi connectivity index (χ4n) is 2.32. The fraction of sp³-hybridized carbons (Fsp3) is 0.357. The molecule has 2 aromatic rings. The Morgan fingerprint density at radius 3 is 2.82 bits per heavy atom. The highest BCUT2D eigenvalue weighted by Gasteiger charge is 2.21. The molecule has 0 fully saturated rings. The summed E-state index contributed by atoms with van der Waals surface area (Å²) in [7, 11) is 0. The first-order chi connectivity index (χ1) is 10.7. The zero-order valence-electron chi connectivity index (χ0n) is 12.0. The van der Waals surface area contributed by atoms with Crippen LogP contribution in [0.1, 0.15) is 17.4 Å². The summed E-state index contributed by atoms with van der Waals surface area (Å²) >= 11 is 0. The molecule has 0 spiro atoms. The summed E-state index contributed by atoms with van der Waals surface area (Å²) in [5.41, 5.74) is -0.106. The minimum atomic E-state index is -0.610. The molecule has 0 unspecified atom stereocenters. The molecule has 0 saturated carbocycles. The van der Waals surface area contributed by atoms with Gasteiger partial charge in [0.25, 0.3) is 5.91 Å². The summed E-state index contributed by atoms with van der Waals surface area (Å²) in [5, 5.41) is 15.7. The van der Waals surface area contributed by atoms with E-state index in [9.17, 15) is 9.59 Å². The van der Waals surface area contributed by atoms with Gasteiger partial charge in [-0.25, -0.2) is 0 Å². The zero-order chi connectivity index (χ0) is 15.7. The van der Waals surface area contributed by atoms with E-state index in [0.717, 1.165) is 0 Å². The van der Waals surface area contributed by atoms with Gasteiger partial charge in [-0.1, -0.05) is 0 Å². The van der Waals surface area contributed by atoms with Gasteiger partial charge in [0.2, 0.25) is 12.2 Å². The number of aliphatic hydroxyl groups is 1. The summed E-state index contributed by atoms with van der Waals surface area (Å²) in [6.45, 7) is 2.29.